The van der Waals surface area contributed by atoms with E-state index in [1.807, 2.05) is 6.08 Å². The van der Waals surface area contributed by atoms with Crippen molar-refractivity contribution in [1.29, 1.82) is 0 Å². The number of likely N-dealkylation sites (N-methyl/N-ethyl adjacent to an activating group) is 1. The van der Waals surface area contributed by atoms with Gasteiger partial charge in [0.05, 0.1) is 20.1 Å². The molecule has 0 radical (unpaired) electrons. The number of carbonyl (C=O) groups is 1. The molecule has 2 fully saturated rings. The zero-order chi connectivity index (χ0) is 17.6. The van der Waals surface area contributed by atoms with Crippen molar-refractivity contribution in [1.82, 2.24) is 0 Å². The number of phenolic OH excluding ortho intramolecular Hbond substituents is 1. The first-order chi connectivity index (χ1) is 11.8. The van der Waals surface area contributed by atoms with E-state index >= 15 is 0 Å². The Bertz CT molecular complexity index is 840. The molecular formula is C20H24INO4. The van der Waals surface area contributed by atoms with Gasteiger partial charge in [-0.05, 0) is 24.1 Å². The van der Waals surface area contributed by atoms with Gasteiger partial charge in [0, 0.05) is 36.7 Å². The summed E-state index contributed by atoms with van der Waals surface area (Å²) in [5.74, 6) is 1.68. The Kier molecular flexibility index (Phi) is 3.83. The van der Waals surface area contributed by atoms with Crippen LogP contribution in [0.5, 0.6) is 17.2 Å². The summed E-state index contributed by atoms with van der Waals surface area (Å²) in [5, 5.41) is 22.2. The van der Waals surface area contributed by atoms with E-state index in [1.165, 1.54) is 0 Å². The maximum Gasteiger partial charge on any atom is 0.211 e. The van der Waals surface area contributed by atoms with Gasteiger partial charge in [-0.3, -0.25) is 4.79 Å². The molecule has 4 aliphatic rings. The molecule has 2 heterocycles. The standard InChI is InChI=1S/C20H23NO4.HI/c1-3-7-21(2)8-6-19-11-12(22)4-5-20(19,24)16(21)9-13-14(19)10-15(23)18-17(13)25-18;/h3,10,16,24H,1,4-9,11H2,2H3;1H/t16-,19-,20?,21?;/m1./s1. The van der Waals surface area contributed by atoms with Crippen molar-refractivity contribution in [2.45, 2.75) is 49.2 Å². The molecule has 2 aliphatic carbocycles. The zero-order valence-electron chi connectivity index (χ0n) is 14.9. The number of quaternary nitrogens is 1. The number of likely N-dealkylation sites (tertiary alicyclic amines) is 1. The summed E-state index contributed by atoms with van der Waals surface area (Å²) in [6.45, 7) is 5.61. The number of benzene rings is 1. The van der Waals surface area contributed by atoms with Crippen LogP contribution < -0.4 is 28.7 Å². The number of hydrogen-bond donors (Lipinski definition) is 2. The van der Waals surface area contributed by atoms with Gasteiger partial charge in [-0.15, -0.1) is 0 Å². The molecule has 26 heavy (non-hydrogen) atoms. The summed E-state index contributed by atoms with van der Waals surface area (Å²) >= 11 is 0. The third-order valence-corrected chi connectivity index (χ3v) is 7.41. The van der Waals surface area contributed by atoms with Crippen molar-refractivity contribution in [2.24, 2.45) is 0 Å². The number of nitrogens with zero attached hydrogens (tertiary/aromatic N) is 1. The number of halogens is 1. The molecule has 5 nitrogen and oxygen atoms in total. The molecule has 1 aromatic rings. The molecule has 5 rings (SSSR count). The van der Waals surface area contributed by atoms with Crippen LogP contribution in [0, 0.1) is 0 Å². The van der Waals surface area contributed by atoms with E-state index in [-0.39, 0.29) is 41.6 Å². The Labute approximate surface area is 170 Å². The Hall–Kier alpha value is -1.12. The molecule has 140 valence electrons. The van der Waals surface area contributed by atoms with Crippen molar-refractivity contribution < 1.29 is 48.2 Å². The van der Waals surface area contributed by atoms with Crippen LogP contribution in [-0.2, 0) is 16.6 Å². The Morgan fingerprint density at radius 2 is 2.19 bits per heavy atom. The monoisotopic (exact) mass is 469 g/mol. The van der Waals surface area contributed by atoms with Crippen molar-refractivity contribution in [3.63, 3.8) is 0 Å². The maximum absolute atomic E-state index is 12.4. The number of hydrogen-bond acceptors (Lipinski definition) is 4. The van der Waals surface area contributed by atoms with E-state index < -0.39 is 11.0 Å². The fourth-order valence-electron chi connectivity index (χ4n) is 6.10. The molecule has 1 saturated carbocycles. The van der Waals surface area contributed by atoms with Crippen LogP contribution in [0.2, 0.25) is 0 Å². The van der Waals surface area contributed by atoms with Crippen LogP contribution >= 0.6 is 0 Å². The molecule has 1 aromatic carbocycles. The zero-order valence-corrected chi connectivity index (χ0v) is 17.1. The smallest absolute Gasteiger partial charge is 0.211 e. The summed E-state index contributed by atoms with van der Waals surface area (Å²) < 4.78 is 6.29. The van der Waals surface area contributed by atoms with Crippen molar-refractivity contribution in [3.05, 3.63) is 29.8 Å². The molecule has 2 aliphatic heterocycles. The van der Waals surface area contributed by atoms with Crippen LogP contribution in [0.4, 0.5) is 0 Å². The number of aromatic hydroxyl groups is 1. The van der Waals surface area contributed by atoms with Gasteiger partial charge in [-0.25, -0.2) is 0 Å². The van der Waals surface area contributed by atoms with E-state index in [0.717, 1.165) is 40.9 Å². The van der Waals surface area contributed by atoms with Gasteiger partial charge in [0.1, 0.15) is 17.4 Å². The van der Waals surface area contributed by atoms with Gasteiger partial charge in [0.15, 0.2) is 11.5 Å². The van der Waals surface area contributed by atoms with Crippen LogP contribution in [0.1, 0.15) is 36.8 Å². The second-order valence-corrected chi connectivity index (χ2v) is 8.55. The van der Waals surface area contributed by atoms with Gasteiger partial charge in [-0.2, -0.15) is 0 Å². The fraction of sp³-hybridized carbons (Fsp3) is 0.550. The Balaban J connectivity index is 0.00000168. The molecule has 2 unspecified atom stereocenters. The molecule has 0 aromatic heterocycles. The van der Waals surface area contributed by atoms with E-state index in [4.69, 9.17) is 4.74 Å². The molecule has 0 spiro atoms. The van der Waals surface area contributed by atoms with Crippen molar-refractivity contribution in [2.75, 3.05) is 20.1 Å². The predicted molar refractivity (Wildman–Crippen MR) is 91.9 cm³/mol. The quantitative estimate of drug-likeness (QED) is 0.261. The Morgan fingerprint density at radius 3 is 2.92 bits per heavy atom. The summed E-state index contributed by atoms with van der Waals surface area (Å²) in [5.41, 5.74) is 0.500. The van der Waals surface area contributed by atoms with Crippen LogP contribution in [0.25, 0.3) is 0 Å². The average Bonchev–Trinajstić information content (AvgIpc) is 3.35. The summed E-state index contributed by atoms with van der Waals surface area (Å²) in [6, 6.07) is 1.77. The number of Topliss-reactive ketones (excluding diaryl/α,β-unsaturated/α-hetero) is 1. The highest BCUT2D eigenvalue weighted by Gasteiger charge is 2.70. The van der Waals surface area contributed by atoms with Gasteiger partial charge < -0.3 is 43.4 Å². The minimum absolute atomic E-state index is 0. The number of carbonyl (C=O) groups excluding carboxylic acids is 1. The SMILES string of the molecule is C=CC[N+]1(C)CC[C@]23CC(=O)CCC2(O)[C@H]1Cc1c3cc(O)c2c1O2.[I-]. The first-order valence-corrected chi connectivity index (χ1v) is 9.11. The van der Waals surface area contributed by atoms with Crippen molar-refractivity contribution >= 4 is 5.78 Å². The van der Waals surface area contributed by atoms with Crippen LogP contribution in [-0.4, -0.2) is 52.3 Å². The van der Waals surface area contributed by atoms with Gasteiger partial charge in [0.2, 0.25) is 5.75 Å². The third kappa shape index (κ3) is 2.01. The number of ketones is 1. The first kappa shape index (κ1) is 18.3. The first-order valence-electron chi connectivity index (χ1n) is 9.11. The lowest BCUT2D eigenvalue weighted by molar-refractivity contribution is -0.943. The molecule has 6 heteroatoms. The topological polar surface area (TPSA) is 70.1 Å². The summed E-state index contributed by atoms with van der Waals surface area (Å²) in [4.78, 5) is 12.4. The number of ether oxygens (including phenoxy) is 1. The predicted octanol–water partition coefficient (Wildman–Crippen LogP) is -0.815. The van der Waals surface area contributed by atoms with Gasteiger partial charge in [-0.1, -0.05) is 6.58 Å². The van der Waals surface area contributed by atoms with E-state index in [9.17, 15) is 15.0 Å². The lowest BCUT2D eigenvalue weighted by Gasteiger charge is -2.64. The Morgan fingerprint density at radius 1 is 1.42 bits per heavy atom. The molecule has 2 N–H and O–H groups in total. The van der Waals surface area contributed by atoms with Crippen LogP contribution in [0.15, 0.2) is 18.7 Å². The molecular weight excluding hydrogens is 445 g/mol. The molecule has 1 saturated heterocycles. The van der Waals surface area contributed by atoms with Crippen molar-refractivity contribution in [3.8, 4) is 17.2 Å². The second kappa shape index (κ2) is 5.45. The lowest BCUT2D eigenvalue weighted by atomic mass is 9.49. The number of fused-ring (bicyclic) bond motifs is 3. The number of phenols is 1. The average molecular weight is 469 g/mol. The van der Waals surface area contributed by atoms with E-state index in [2.05, 4.69) is 13.6 Å². The minimum atomic E-state index is -0.931. The highest BCUT2D eigenvalue weighted by molar-refractivity contribution is 5.83. The summed E-state index contributed by atoms with van der Waals surface area (Å²) in [6.07, 6.45) is 4.68. The largest absolute Gasteiger partial charge is 1.00 e. The molecule has 0 amide bonds. The highest BCUT2D eigenvalue weighted by atomic mass is 127. The second-order valence-electron chi connectivity index (χ2n) is 8.55. The minimum Gasteiger partial charge on any atom is -1.00 e. The maximum atomic E-state index is 12.4. The van der Waals surface area contributed by atoms with Gasteiger partial charge in [0.25, 0.3) is 0 Å². The fourth-order valence-corrected chi connectivity index (χ4v) is 6.10. The highest BCUT2D eigenvalue weighted by Crippen LogP contribution is 2.65. The molecule has 2 bridgehead atoms. The van der Waals surface area contributed by atoms with Crippen LogP contribution in [0.3, 0.4) is 0 Å². The number of aliphatic hydroxyl groups is 1. The summed E-state index contributed by atoms with van der Waals surface area (Å²) in [7, 11) is 2.19. The third-order valence-electron chi connectivity index (χ3n) is 7.41. The van der Waals surface area contributed by atoms with Gasteiger partial charge >= 0.3 is 0 Å². The van der Waals surface area contributed by atoms with E-state index in [1.54, 1.807) is 6.07 Å². The molecule has 4 atom stereocenters. The normalized spacial score (nSPS) is 38.8. The number of rotatable bonds is 2. The number of piperidine rings is 1. The van der Waals surface area contributed by atoms with E-state index in [0.29, 0.717) is 31.4 Å². The lowest BCUT2D eigenvalue weighted by Crippen LogP contribution is -3.00.